The molecule has 0 aliphatic carbocycles. The fraction of sp³-hybridized carbons (Fsp3) is 1.00. The minimum atomic E-state index is 0.316. The first-order valence-electron chi connectivity index (χ1n) is 4.17. The quantitative estimate of drug-likeness (QED) is 0.403. The number of hydrogen-bond acceptors (Lipinski definition) is 4. The van der Waals surface area contributed by atoms with E-state index in [2.05, 4.69) is 41.0 Å². The molecule has 1 aliphatic heterocycles. The van der Waals surface area contributed by atoms with E-state index in [1.807, 2.05) is 0 Å². The largest absolute Gasteiger partial charge is 0.376 e. The Kier molecular flexibility index (Phi) is 3.45. The molecule has 0 bridgehead atoms. The summed E-state index contributed by atoms with van der Waals surface area (Å²) >= 11 is 0. The van der Waals surface area contributed by atoms with Gasteiger partial charge in [-0.15, -0.1) is 0 Å². The average Bonchev–Trinajstić information content (AvgIpc) is 2.03. The second-order valence-corrected chi connectivity index (χ2v) is 2.95. The molecule has 1 heterocycles. The number of rotatable bonds is 2. The van der Waals surface area contributed by atoms with Crippen molar-refractivity contribution < 1.29 is 0 Å². The number of nitrogens with zero attached hydrogens (tertiary/aromatic N) is 1. The first kappa shape index (κ1) is 9.13. The van der Waals surface area contributed by atoms with Gasteiger partial charge in [0.15, 0.2) is 0 Å². The predicted octanol–water partition coefficient (Wildman–Crippen LogP) is -1.91. The van der Waals surface area contributed by atoms with Gasteiger partial charge in [-0.1, -0.05) is 13.7 Å². The molecule has 1 fully saturated rings. The van der Waals surface area contributed by atoms with Crippen molar-refractivity contribution in [3.63, 3.8) is 0 Å². The van der Waals surface area contributed by atoms with E-state index in [9.17, 15) is 0 Å². The van der Waals surface area contributed by atoms with Crippen molar-refractivity contribution in [1.82, 2.24) is 20.2 Å². The lowest BCUT2D eigenvalue weighted by molar-refractivity contribution is 0.537. The van der Waals surface area contributed by atoms with Gasteiger partial charge in [-0.05, 0) is 13.6 Å². The fourth-order valence-electron chi connectivity index (χ4n) is 1.13. The second-order valence-electron chi connectivity index (χ2n) is 2.95. The summed E-state index contributed by atoms with van der Waals surface area (Å²) in [4.78, 5) is 2.23. The summed E-state index contributed by atoms with van der Waals surface area (Å²) < 4.78 is 0. The molecule has 3 N–H and O–H groups in total. The highest BCUT2D eigenvalue weighted by atomic mass is 15.2. The maximum Gasteiger partial charge on any atom is 0.376 e. The molecule has 1 rings (SSSR count). The molecule has 1 aliphatic rings. The molecule has 0 spiro atoms. The zero-order valence-electron chi connectivity index (χ0n) is 7.52. The standard InChI is InChI=1S/C4H15B3N4/c1-4-11(3)7-9-5-8-6(2)10-7/h5,8-10H,4H2,1-3H3. The topological polar surface area (TPSA) is 39.3 Å². The van der Waals surface area contributed by atoms with Crippen LogP contribution in [-0.2, 0) is 0 Å². The molecule has 0 aromatic heterocycles. The van der Waals surface area contributed by atoms with Crippen LogP contribution in [0.5, 0.6) is 0 Å². The third-order valence-electron chi connectivity index (χ3n) is 2.05. The number of nitrogens with one attached hydrogen (secondary N) is 3. The molecule has 7 heteroatoms. The van der Waals surface area contributed by atoms with Crippen LogP contribution in [0, 0.1) is 0 Å². The third-order valence-corrected chi connectivity index (χ3v) is 2.05. The van der Waals surface area contributed by atoms with E-state index in [1.165, 1.54) is 0 Å². The maximum atomic E-state index is 3.37. The Morgan fingerprint density at radius 1 is 1.45 bits per heavy atom. The molecule has 0 atom stereocenters. The molecular formula is C4H15B3N4. The van der Waals surface area contributed by atoms with E-state index in [1.54, 1.807) is 0 Å². The molecule has 60 valence electrons. The summed E-state index contributed by atoms with van der Waals surface area (Å²) in [5.41, 5.74) is 0. The van der Waals surface area contributed by atoms with Crippen LogP contribution in [0.1, 0.15) is 6.92 Å². The van der Waals surface area contributed by atoms with Crippen LogP contribution in [0.15, 0.2) is 0 Å². The normalized spacial score (nSPS) is 18.9. The molecule has 0 radical (unpaired) electrons. The monoisotopic (exact) mass is 152 g/mol. The van der Waals surface area contributed by atoms with E-state index >= 15 is 0 Å². The summed E-state index contributed by atoms with van der Waals surface area (Å²) in [7, 11) is 3.29. The molecule has 0 aromatic rings. The molecule has 11 heavy (non-hydrogen) atoms. The zero-order chi connectivity index (χ0) is 8.27. The van der Waals surface area contributed by atoms with Gasteiger partial charge < -0.3 is 20.2 Å². The molecule has 0 saturated carbocycles. The van der Waals surface area contributed by atoms with Gasteiger partial charge in [0.2, 0.25) is 0 Å². The van der Waals surface area contributed by atoms with E-state index in [0.717, 1.165) is 14.1 Å². The van der Waals surface area contributed by atoms with Crippen molar-refractivity contribution in [2.75, 3.05) is 13.6 Å². The lowest BCUT2D eigenvalue weighted by Crippen LogP contribution is -2.73. The lowest BCUT2D eigenvalue weighted by Gasteiger charge is -2.31. The van der Waals surface area contributed by atoms with Crippen LogP contribution in [-0.4, -0.2) is 40.1 Å². The minimum Gasteiger partial charge on any atom is -0.375 e. The van der Waals surface area contributed by atoms with Gasteiger partial charge in [0.1, 0.15) is 0 Å². The highest BCUT2D eigenvalue weighted by molar-refractivity contribution is 6.80. The second kappa shape index (κ2) is 4.16. The molecule has 0 amide bonds. The van der Waals surface area contributed by atoms with Crippen LogP contribution in [0.25, 0.3) is 0 Å². The Morgan fingerprint density at radius 2 is 2.18 bits per heavy atom. The molecule has 0 unspecified atom stereocenters. The summed E-state index contributed by atoms with van der Waals surface area (Å²) in [6, 6.07) is 0. The lowest BCUT2D eigenvalue weighted by atomic mass is 9.63. The van der Waals surface area contributed by atoms with Crippen LogP contribution >= 0.6 is 0 Å². The van der Waals surface area contributed by atoms with Crippen LogP contribution in [0.2, 0.25) is 6.82 Å². The summed E-state index contributed by atoms with van der Waals surface area (Å²) in [5, 5.41) is 9.92. The van der Waals surface area contributed by atoms with E-state index < -0.39 is 0 Å². The van der Waals surface area contributed by atoms with Gasteiger partial charge in [-0.25, -0.2) is 0 Å². The van der Waals surface area contributed by atoms with Crippen molar-refractivity contribution in [2.45, 2.75) is 13.7 Å². The van der Waals surface area contributed by atoms with E-state index in [4.69, 9.17) is 0 Å². The van der Waals surface area contributed by atoms with Crippen molar-refractivity contribution in [1.29, 1.82) is 0 Å². The summed E-state index contributed by atoms with van der Waals surface area (Å²) in [5.74, 6) is 0. The summed E-state index contributed by atoms with van der Waals surface area (Å²) in [6.07, 6.45) is 0. The Bertz CT molecular complexity index is 124. The molecule has 1 saturated heterocycles. The minimum absolute atomic E-state index is 0.316. The maximum absolute atomic E-state index is 3.37. The Morgan fingerprint density at radius 3 is 2.73 bits per heavy atom. The van der Waals surface area contributed by atoms with Crippen molar-refractivity contribution in [3.8, 4) is 0 Å². The SMILES string of the molecule is CCN(C)B1NBNB(C)N1. The van der Waals surface area contributed by atoms with Crippen LogP contribution in [0.4, 0.5) is 0 Å². The van der Waals surface area contributed by atoms with Gasteiger partial charge in [-0.3, -0.25) is 0 Å². The van der Waals surface area contributed by atoms with Crippen molar-refractivity contribution in [2.24, 2.45) is 0 Å². The Balaban J connectivity index is 2.33. The van der Waals surface area contributed by atoms with Crippen LogP contribution < -0.4 is 15.4 Å². The zero-order valence-corrected chi connectivity index (χ0v) is 7.52. The van der Waals surface area contributed by atoms with E-state index in [-0.39, 0.29) is 0 Å². The van der Waals surface area contributed by atoms with Gasteiger partial charge in [0, 0.05) is 0 Å². The molecular weight excluding hydrogens is 137 g/mol. The van der Waals surface area contributed by atoms with Crippen LogP contribution in [0.3, 0.4) is 0 Å². The molecule has 0 aromatic carbocycles. The average molecular weight is 152 g/mol. The first-order valence-corrected chi connectivity index (χ1v) is 4.17. The first-order chi connectivity index (χ1) is 5.24. The smallest absolute Gasteiger partial charge is 0.375 e. The van der Waals surface area contributed by atoms with E-state index in [0.29, 0.717) is 14.1 Å². The van der Waals surface area contributed by atoms with Crippen molar-refractivity contribution in [3.05, 3.63) is 0 Å². The number of hydrogen-bond donors (Lipinski definition) is 3. The van der Waals surface area contributed by atoms with Gasteiger partial charge in [0.05, 0.1) is 0 Å². The highest BCUT2D eigenvalue weighted by Gasteiger charge is 2.27. The Labute approximate surface area is 70.0 Å². The van der Waals surface area contributed by atoms with Gasteiger partial charge >= 0.3 is 7.12 Å². The van der Waals surface area contributed by atoms with Crippen molar-refractivity contribution >= 4 is 21.6 Å². The summed E-state index contributed by atoms with van der Waals surface area (Å²) in [6.45, 7) is 5.72. The predicted molar refractivity (Wildman–Crippen MR) is 52.2 cm³/mol. The van der Waals surface area contributed by atoms with Gasteiger partial charge in [-0.2, -0.15) is 0 Å². The fourth-order valence-corrected chi connectivity index (χ4v) is 1.13. The Hall–Kier alpha value is 0.0348. The molecule has 4 nitrogen and oxygen atoms in total. The van der Waals surface area contributed by atoms with Gasteiger partial charge in [0.25, 0.3) is 14.5 Å². The highest BCUT2D eigenvalue weighted by Crippen LogP contribution is 1.85. The third kappa shape index (κ3) is 2.52.